The largest absolute Gasteiger partial charge is 0.462 e. The van der Waals surface area contributed by atoms with E-state index in [0.29, 0.717) is 28.7 Å². The van der Waals surface area contributed by atoms with Crippen LogP contribution in [0.25, 0.3) is 22.6 Å². The molecule has 0 atom stereocenters. The predicted molar refractivity (Wildman–Crippen MR) is 101 cm³/mol. The van der Waals surface area contributed by atoms with E-state index in [4.69, 9.17) is 9.72 Å². The van der Waals surface area contributed by atoms with Crippen LogP contribution in [-0.4, -0.2) is 28.8 Å². The van der Waals surface area contributed by atoms with Gasteiger partial charge in [0.05, 0.1) is 12.3 Å². The van der Waals surface area contributed by atoms with E-state index in [1.165, 1.54) is 11.8 Å². The minimum atomic E-state index is -0.398. The number of thioether (sulfide) groups is 1. The zero-order valence-electron chi connectivity index (χ0n) is 14.1. The first-order valence-corrected chi connectivity index (χ1v) is 9.21. The molecule has 0 bridgehead atoms. The number of benzene rings is 2. The molecule has 0 N–H and O–H groups in total. The van der Waals surface area contributed by atoms with Crippen molar-refractivity contribution in [2.24, 2.45) is 0 Å². The fourth-order valence-electron chi connectivity index (χ4n) is 2.50. The molecule has 25 heavy (non-hydrogen) atoms. The summed E-state index contributed by atoms with van der Waals surface area (Å²) in [4.78, 5) is 21.9. The molecule has 126 valence electrons. The summed E-state index contributed by atoms with van der Waals surface area (Å²) in [5.74, 6) is 0.196. The van der Waals surface area contributed by atoms with Crippen molar-refractivity contribution in [1.82, 2.24) is 9.97 Å². The van der Waals surface area contributed by atoms with Crippen molar-refractivity contribution >= 4 is 17.7 Å². The van der Waals surface area contributed by atoms with E-state index in [0.717, 1.165) is 11.1 Å². The Bertz CT molecular complexity index is 868. The lowest BCUT2D eigenvalue weighted by atomic mass is 10.1. The summed E-state index contributed by atoms with van der Waals surface area (Å²) in [5.41, 5.74) is 2.78. The lowest BCUT2D eigenvalue weighted by Crippen LogP contribution is -2.12. The van der Waals surface area contributed by atoms with Gasteiger partial charge in [0, 0.05) is 11.1 Å². The maximum Gasteiger partial charge on any atom is 0.343 e. The molecule has 0 aliphatic heterocycles. The van der Waals surface area contributed by atoms with Gasteiger partial charge in [0.25, 0.3) is 0 Å². The fraction of sp³-hybridized carbons (Fsp3) is 0.150. The summed E-state index contributed by atoms with van der Waals surface area (Å²) in [6.45, 7) is 2.10. The second-order valence-electron chi connectivity index (χ2n) is 5.23. The first-order chi connectivity index (χ1) is 12.2. The van der Waals surface area contributed by atoms with Crippen LogP contribution in [0.15, 0.2) is 65.7 Å². The van der Waals surface area contributed by atoms with Gasteiger partial charge in [0.15, 0.2) is 5.82 Å². The number of carbonyl (C=O) groups is 1. The smallest absolute Gasteiger partial charge is 0.343 e. The van der Waals surface area contributed by atoms with Crippen molar-refractivity contribution in [3.8, 4) is 22.6 Å². The Morgan fingerprint density at radius 2 is 1.56 bits per heavy atom. The van der Waals surface area contributed by atoms with Crippen LogP contribution in [-0.2, 0) is 4.74 Å². The summed E-state index contributed by atoms with van der Waals surface area (Å²) in [5, 5.41) is 0.617. The number of rotatable bonds is 5. The number of hydrogen-bond donors (Lipinski definition) is 0. The molecular weight excluding hydrogens is 332 g/mol. The Morgan fingerprint density at radius 3 is 2.12 bits per heavy atom. The summed E-state index contributed by atoms with van der Waals surface area (Å²) >= 11 is 1.42. The minimum absolute atomic E-state index is 0.307. The third kappa shape index (κ3) is 3.72. The van der Waals surface area contributed by atoms with Crippen LogP contribution in [0, 0.1) is 0 Å². The number of carbonyl (C=O) groups excluding carboxylic acids is 1. The molecule has 0 saturated carbocycles. The molecule has 5 heteroatoms. The van der Waals surface area contributed by atoms with Crippen molar-refractivity contribution < 1.29 is 9.53 Å². The van der Waals surface area contributed by atoms with E-state index >= 15 is 0 Å². The number of esters is 1. The van der Waals surface area contributed by atoms with Crippen LogP contribution in [0.4, 0.5) is 0 Å². The quantitative estimate of drug-likeness (QED) is 0.379. The highest BCUT2D eigenvalue weighted by atomic mass is 32.2. The molecule has 0 amide bonds. The van der Waals surface area contributed by atoms with Gasteiger partial charge in [-0.3, -0.25) is 0 Å². The molecule has 4 nitrogen and oxygen atoms in total. The second kappa shape index (κ2) is 7.94. The number of aromatic nitrogens is 2. The van der Waals surface area contributed by atoms with E-state index < -0.39 is 5.97 Å². The van der Waals surface area contributed by atoms with Crippen LogP contribution in [0.3, 0.4) is 0 Å². The van der Waals surface area contributed by atoms with Crippen molar-refractivity contribution in [3.05, 3.63) is 66.2 Å². The Morgan fingerprint density at radius 1 is 0.960 bits per heavy atom. The topological polar surface area (TPSA) is 52.1 Å². The predicted octanol–water partition coefficient (Wildman–Crippen LogP) is 4.71. The molecule has 0 aliphatic carbocycles. The van der Waals surface area contributed by atoms with Gasteiger partial charge in [-0.05, 0) is 13.2 Å². The minimum Gasteiger partial charge on any atom is -0.462 e. The second-order valence-corrected chi connectivity index (χ2v) is 6.03. The standard InChI is InChI=1S/C20H18N2O2S/c1-3-24-20(23)16-17(14-10-6-4-7-11-14)21-18(22-19(16)25-2)15-12-8-5-9-13-15/h4-13H,3H2,1-2H3. The van der Waals surface area contributed by atoms with Crippen molar-refractivity contribution in [3.63, 3.8) is 0 Å². The molecule has 3 aromatic rings. The Balaban J connectivity index is 2.25. The van der Waals surface area contributed by atoms with Gasteiger partial charge < -0.3 is 4.74 Å². The van der Waals surface area contributed by atoms with Crippen LogP contribution < -0.4 is 0 Å². The zero-order chi connectivity index (χ0) is 17.6. The van der Waals surface area contributed by atoms with Gasteiger partial charge in [-0.1, -0.05) is 60.7 Å². The van der Waals surface area contributed by atoms with Gasteiger partial charge in [-0.25, -0.2) is 14.8 Å². The first kappa shape index (κ1) is 17.2. The Labute approximate surface area is 151 Å². The third-order valence-electron chi connectivity index (χ3n) is 3.63. The SMILES string of the molecule is CCOC(=O)c1c(SC)nc(-c2ccccc2)nc1-c1ccccc1. The maximum absolute atomic E-state index is 12.6. The van der Waals surface area contributed by atoms with Crippen LogP contribution in [0.2, 0.25) is 0 Å². The van der Waals surface area contributed by atoms with Crippen molar-refractivity contribution in [1.29, 1.82) is 0 Å². The average molecular weight is 350 g/mol. The zero-order valence-corrected chi connectivity index (χ0v) is 14.9. The highest BCUT2D eigenvalue weighted by molar-refractivity contribution is 7.98. The molecule has 3 rings (SSSR count). The summed E-state index contributed by atoms with van der Waals surface area (Å²) in [7, 11) is 0. The summed E-state index contributed by atoms with van der Waals surface area (Å²) in [6, 6.07) is 19.4. The average Bonchev–Trinajstić information content (AvgIpc) is 2.68. The fourth-order valence-corrected chi connectivity index (χ4v) is 3.06. The van der Waals surface area contributed by atoms with Crippen molar-refractivity contribution in [2.75, 3.05) is 12.9 Å². The molecule has 0 unspecified atom stereocenters. The monoisotopic (exact) mass is 350 g/mol. The number of ether oxygens (including phenoxy) is 1. The van der Waals surface area contributed by atoms with Gasteiger partial charge >= 0.3 is 5.97 Å². The molecule has 1 aromatic heterocycles. The van der Waals surface area contributed by atoms with Crippen LogP contribution in [0.1, 0.15) is 17.3 Å². The molecular formula is C20H18N2O2S. The highest BCUT2D eigenvalue weighted by Gasteiger charge is 2.23. The van der Waals surface area contributed by atoms with E-state index in [1.54, 1.807) is 6.92 Å². The van der Waals surface area contributed by atoms with Crippen LogP contribution in [0.5, 0.6) is 0 Å². The van der Waals surface area contributed by atoms with Crippen LogP contribution >= 0.6 is 11.8 Å². The Kier molecular flexibility index (Phi) is 5.46. The molecule has 0 radical (unpaired) electrons. The summed E-state index contributed by atoms with van der Waals surface area (Å²) < 4.78 is 5.25. The lowest BCUT2D eigenvalue weighted by Gasteiger charge is -2.13. The lowest BCUT2D eigenvalue weighted by molar-refractivity contribution is 0.0522. The van der Waals surface area contributed by atoms with Gasteiger partial charge in [0.1, 0.15) is 10.6 Å². The van der Waals surface area contributed by atoms with Gasteiger partial charge in [0.2, 0.25) is 0 Å². The normalized spacial score (nSPS) is 10.5. The first-order valence-electron chi connectivity index (χ1n) is 7.98. The molecule has 0 aliphatic rings. The van der Waals surface area contributed by atoms with E-state index in [9.17, 15) is 4.79 Å². The van der Waals surface area contributed by atoms with E-state index in [2.05, 4.69) is 4.98 Å². The number of hydrogen-bond acceptors (Lipinski definition) is 5. The van der Waals surface area contributed by atoms with Gasteiger partial charge in [-0.15, -0.1) is 11.8 Å². The van der Waals surface area contributed by atoms with Gasteiger partial charge in [-0.2, -0.15) is 0 Å². The van der Waals surface area contributed by atoms with E-state index in [-0.39, 0.29) is 0 Å². The third-order valence-corrected chi connectivity index (χ3v) is 4.31. The summed E-state index contributed by atoms with van der Waals surface area (Å²) in [6.07, 6.45) is 1.90. The molecule has 1 heterocycles. The molecule has 0 spiro atoms. The Hall–Kier alpha value is -2.66. The maximum atomic E-state index is 12.6. The van der Waals surface area contributed by atoms with Crippen molar-refractivity contribution in [2.45, 2.75) is 11.9 Å². The molecule has 2 aromatic carbocycles. The van der Waals surface area contributed by atoms with E-state index in [1.807, 2.05) is 66.9 Å². The molecule has 0 saturated heterocycles. The molecule has 0 fully saturated rings. The highest BCUT2D eigenvalue weighted by Crippen LogP contribution is 2.31. The number of nitrogens with zero attached hydrogens (tertiary/aromatic N) is 2.